The molecule has 0 aliphatic carbocycles. The average Bonchev–Trinajstić information content (AvgIpc) is 2.68. The SMILES string of the molecule is CC(C)(C)OC(=O)CONC(=O)[C@@H]1CC[C@H]2CN1C(=O)N2OI. The van der Waals surface area contributed by atoms with Crippen LogP contribution in [0.15, 0.2) is 0 Å². The van der Waals surface area contributed by atoms with Crippen molar-refractivity contribution in [2.75, 3.05) is 13.2 Å². The van der Waals surface area contributed by atoms with E-state index in [0.717, 1.165) is 0 Å². The summed E-state index contributed by atoms with van der Waals surface area (Å²) in [6.07, 6.45) is 1.17. The molecule has 0 unspecified atom stereocenters. The van der Waals surface area contributed by atoms with Crippen LogP contribution in [0.3, 0.4) is 0 Å². The Labute approximate surface area is 148 Å². The first kappa shape index (κ1) is 18.2. The number of nitrogens with zero attached hydrogens (tertiary/aromatic N) is 2. The Morgan fingerprint density at radius 1 is 1.35 bits per heavy atom. The largest absolute Gasteiger partial charge is 0.458 e. The van der Waals surface area contributed by atoms with Crippen LogP contribution in [0.5, 0.6) is 0 Å². The lowest BCUT2D eigenvalue weighted by atomic mass is 10.0. The number of amides is 3. The van der Waals surface area contributed by atoms with Gasteiger partial charge in [0.25, 0.3) is 5.91 Å². The number of esters is 1. The van der Waals surface area contributed by atoms with E-state index in [9.17, 15) is 14.4 Å². The highest BCUT2D eigenvalue weighted by molar-refractivity contribution is 14.1. The van der Waals surface area contributed by atoms with Gasteiger partial charge in [0.05, 0.1) is 6.04 Å². The maximum Gasteiger partial charge on any atom is 0.345 e. The van der Waals surface area contributed by atoms with Crippen molar-refractivity contribution in [1.82, 2.24) is 15.4 Å². The van der Waals surface area contributed by atoms with E-state index in [1.165, 1.54) is 9.96 Å². The molecule has 2 saturated heterocycles. The van der Waals surface area contributed by atoms with E-state index in [4.69, 9.17) is 12.7 Å². The van der Waals surface area contributed by atoms with Crippen molar-refractivity contribution in [2.24, 2.45) is 0 Å². The molecule has 3 amide bonds. The van der Waals surface area contributed by atoms with Gasteiger partial charge in [0.1, 0.15) is 34.6 Å². The van der Waals surface area contributed by atoms with Crippen LogP contribution < -0.4 is 5.48 Å². The summed E-state index contributed by atoms with van der Waals surface area (Å²) in [5, 5.41) is 1.27. The van der Waals surface area contributed by atoms with E-state index in [0.29, 0.717) is 19.4 Å². The zero-order valence-corrected chi connectivity index (χ0v) is 15.4. The van der Waals surface area contributed by atoms with Crippen LogP contribution in [0, 0.1) is 0 Å². The number of piperidine rings is 1. The zero-order chi connectivity index (χ0) is 17.2. The molecule has 2 fully saturated rings. The fraction of sp³-hybridized carbons (Fsp3) is 0.769. The molecule has 2 atom stereocenters. The van der Waals surface area contributed by atoms with Crippen LogP contribution >= 0.6 is 23.0 Å². The second-order valence-electron chi connectivity index (χ2n) is 6.42. The summed E-state index contributed by atoms with van der Waals surface area (Å²) in [4.78, 5) is 42.1. The number of carbonyl (C=O) groups is 3. The van der Waals surface area contributed by atoms with Crippen LogP contribution in [0.2, 0.25) is 0 Å². The monoisotopic (exact) mass is 441 g/mol. The second kappa shape index (κ2) is 7.18. The van der Waals surface area contributed by atoms with Crippen molar-refractivity contribution in [1.29, 1.82) is 0 Å². The minimum atomic E-state index is -0.631. The van der Waals surface area contributed by atoms with Gasteiger partial charge in [-0.2, -0.15) is 8.23 Å². The Morgan fingerprint density at radius 3 is 2.65 bits per heavy atom. The van der Waals surface area contributed by atoms with Gasteiger partial charge in [0, 0.05) is 6.54 Å². The lowest BCUT2D eigenvalue weighted by Gasteiger charge is -2.28. The van der Waals surface area contributed by atoms with Gasteiger partial charge in [-0.1, -0.05) is 0 Å². The number of hydrogen-bond acceptors (Lipinski definition) is 6. The summed E-state index contributed by atoms with van der Waals surface area (Å²) < 4.78 is 10.1. The van der Waals surface area contributed by atoms with Crippen molar-refractivity contribution in [3.63, 3.8) is 0 Å². The third kappa shape index (κ3) is 4.44. The van der Waals surface area contributed by atoms with Crippen LogP contribution in [-0.2, 0) is 22.3 Å². The van der Waals surface area contributed by atoms with Crippen molar-refractivity contribution in [3.8, 4) is 0 Å². The smallest absolute Gasteiger partial charge is 0.345 e. The summed E-state index contributed by atoms with van der Waals surface area (Å²) in [6.45, 7) is 5.26. The fourth-order valence-electron chi connectivity index (χ4n) is 2.60. The molecular formula is C13H20IN3O6. The Morgan fingerprint density at radius 2 is 2.04 bits per heavy atom. The minimum Gasteiger partial charge on any atom is -0.458 e. The zero-order valence-electron chi connectivity index (χ0n) is 13.2. The van der Waals surface area contributed by atoms with E-state index in [1.807, 2.05) is 0 Å². The molecule has 9 nitrogen and oxygen atoms in total. The van der Waals surface area contributed by atoms with Gasteiger partial charge in [-0.05, 0) is 33.6 Å². The molecule has 1 N–H and O–H groups in total. The third-order valence-electron chi connectivity index (χ3n) is 3.48. The Bertz CT molecular complexity index is 495. The molecule has 2 aliphatic rings. The lowest BCUT2D eigenvalue weighted by Crippen LogP contribution is -2.50. The number of hydrogen-bond donors (Lipinski definition) is 1. The topological polar surface area (TPSA) is 97.4 Å². The van der Waals surface area contributed by atoms with E-state index in [-0.39, 0.29) is 12.1 Å². The highest BCUT2D eigenvalue weighted by atomic mass is 127. The van der Waals surface area contributed by atoms with Crippen molar-refractivity contribution >= 4 is 40.9 Å². The van der Waals surface area contributed by atoms with E-state index >= 15 is 0 Å². The number of nitrogens with one attached hydrogen (secondary N) is 1. The Balaban J connectivity index is 1.81. The maximum absolute atomic E-state index is 12.1. The molecule has 2 rings (SSSR count). The molecule has 130 valence electrons. The average molecular weight is 441 g/mol. The van der Waals surface area contributed by atoms with Crippen LogP contribution in [-0.4, -0.2) is 58.7 Å². The number of urea groups is 1. The molecule has 0 aromatic carbocycles. The summed E-state index contributed by atoms with van der Waals surface area (Å²) in [7, 11) is 0. The molecule has 2 bridgehead atoms. The molecule has 23 heavy (non-hydrogen) atoms. The van der Waals surface area contributed by atoms with Crippen molar-refractivity contribution in [3.05, 3.63) is 0 Å². The molecule has 0 aromatic rings. The molecule has 0 spiro atoms. The predicted molar refractivity (Wildman–Crippen MR) is 85.8 cm³/mol. The molecule has 0 saturated carbocycles. The van der Waals surface area contributed by atoms with Gasteiger partial charge in [0.15, 0.2) is 6.61 Å². The highest BCUT2D eigenvalue weighted by Crippen LogP contribution is 2.30. The predicted octanol–water partition coefficient (Wildman–Crippen LogP) is 0.926. The maximum atomic E-state index is 12.1. The lowest BCUT2D eigenvalue weighted by molar-refractivity contribution is -0.165. The summed E-state index contributed by atoms with van der Waals surface area (Å²) in [5.41, 5.74) is 1.59. The van der Waals surface area contributed by atoms with Crippen LogP contribution in [0.25, 0.3) is 0 Å². The molecule has 2 aliphatic heterocycles. The third-order valence-corrected chi connectivity index (χ3v) is 3.91. The molecular weight excluding hydrogens is 421 g/mol. The first-order valence-corrected chi connectivity index (χ1v) is 8.13. The van der Waals surface area contributed by atoms with Gasteiger partial charge in [-0.25, -0.2) is 15.1 Å². The number of halogens is 1. The Hall–Kier alpha value is -1.14. The van der Waals surface area contributed by atoms with Crippen LogP contribution in [0.4, 0.5) is 4.79 Å². The molecule has 10 heteroatoms. The van der Waals surface area contributed by atoms with Crippen LogP contribution in [0.1, 0.15) is 33.6 Å². The van der Waals surface area contributed by atoms with Crippen molar-refractivity contribution < 1.29 is 27.1 Å². The van der Waals surface area contributed by atoms with Crippen molar-refractivity contribution in [2.45, 2.75) is 51.3 Å². The number of fused-ring (bicyclic) bond motifs is 2. The molecule has 2 heterocycles. The number of hydroxylamine groups is 3. The first-order chi connectivity index (χ1) is 10.7. The number of rotatable bonds is 5. The fourth-order valence-corrected chi connectivity index (χ4v) is 3.09. The minimum absolute atomic E-state index is 0.0360. The molecule has 0 aromatic heterocycles. The summed E-state index contributed by atoms with van der Waals surface area (Å²) in [5.74, 6) is -1.04. The van der Waals surface area contributed by atoms with Gasteiger partial charge in [0.2, 0.25) is 0 Å². The number of carbonyl (C=O) groups excluding carboxylic acids is 3. The first-order valence-electron chi connectivity index (χ1n) is 7.25. The van der Waals surface area contributed by atoms with E-state index in [1.54, 1.807) is 43.8 Å². The number of ether oxygens (including phenoxy) is 1. The standard InChI is InChI=1S/C13H20IN3O6/c1-13(2,3)22-10(18)7-21-15-11(19)9-5-4-8-6-16(9)12(20)17(8)23-14/h8-9H,4-7H2,1-3H3,(H,15,19)/t8-,9-/m0/s1. The summed E-state index contributed by atoms with van der Waals surface area (Å²) >= 11 is 1.65. The van der Waals surface area contributed by atoms with Gasteiger partial charge < -0.3 is 9.64 Å². The highest BCUT2D eigenvalue weighted by Gasteiger charge is 2.48. The molecule has 0 radical (unpaired) electrons. The van der Waals surface area contributed by atoms with E-state index < -0.39 is 30.1 Å². The Kier molecular flexibility index (Phi) is 5.68. The normalized spacial score (nSPS) is 23.9. The van der Waals surface area contributed by atoms with Gasteiger partial charge >= 0.3 is 12.0 Å². The van der Waals surface area contributed by atoms with Gasteiger partial charge in [-0.3, -0.25) is 9.63 Å². The summed E-state index contributed by atoms with van der Waals surface area (Å²) in [6, 6.07) is -1.01. The quantitative estimate of drug-likeness (QED) is 0.388. The van der Waals surface area contributed by atoms with Gasteiger partial charge in [-0.15, -0.1) is 0 Å². The second-order valence-corrected chi connectivity index (χ2v) is 6.81. The van der Waals surface area contributed by atoms with E-state index in [2.05, 4.69) is 5.48 Å².